The number of carbonyl (C=O) groups is 1. The molecule has 7 heteroatoms. The third-order valence-corrected chi connectivity index (χ3v) is 5.28. The van der Waals surface area contributed by atoms with Crippen molar-refractivity contribution in [2.45, 2.75) is 45.6 Å². The van der Waals surface area contributed by atoms with Gasteiger partial charge in [-0.15, -0.1) is 0 Å². The Balaban J connectivity index is 1.83. The number of nitrogens with zero attached hydrogens (tertiary/aromatic N) is 2. The summed E-state index contributed by atoms with van der Waals surface area (Å²) in [4.78, 5) is 19.8. The average molecular weight is 361 g/mol. The number of rotatable bonds is 5. The zero-order valence-electron chi connectivity index (χ0n) is 15.9. The summed E-state index contributed by atoms with van der Waals surface area (Å²) in [5, 5.41) is 6.38. The van der Waals surface area contributed by atoms with Gasteiger partial charge in [-0.25, -0.2) is 4.98 Å². The van der Waals surface area contributed by atoms with E-state index in [0.717, 1.165) is 38.4 Å². The summed E-state index contributed by atoms with van der Waals surface area (Å²) in [6.07, 6.45) is 4.42. The maximum atomic E-state index is 13.0. The van der Waals surface area contributed by atoms with Crippen LogP contribution in [0.5, 0.6) is 0 Å². The zero-order valence-corrected chi connectivity index (χ0v) is 15.9. The van der Waals surface area contributed by atoms with Crippen LogP contribution in [-0.2, 0) is 4.74 Å². The first kappa shape index (κ1) is 18.8. The lowest BCUT2D eigenvalue weighted by Crippen LogP contribution is -2.41. The first-order valence-corrected chi connectivity index (χ1v) is 9.76. The van der Waals surface area contributed by atoms with E-state index in [1.54, 1.807) is 6.07 Å². The topological polar surface area (TPSA) is 92.5 Å². The van der Waals surface area contributed by atoms with Crippen LogP contribution in [0.3, 0.4) is 0 Å². The van der Waals surface area contributed by atoms with Crippen LogP contribution in [0.2, 0.25) is 0 Å². The molecule has 1 aromatic heterocycles. The Kier molecular flexibility index (Phi) is 6.19. The monoisotopic (exact) mass is 361 g/mol. The largest absolute Gasteiger partial charge is 0.396 e. The second kappa shape index (κ2) is 8.58. The molecule has 2 heterocycles. The third-order valence-electron chi connectivity index (χ3n) is 5.28. The van der Waals surface area contributed by atoms with Crippen LogP contribution in [0.15, 0.2) is 6.07 Å². The number of nitrogens with one attached hydrogen (secondary N) is 2. The molecule has 1 aromatic rings. The summed E-state index contributed by atoms with van der Waals surface area (Å²) in [5.41, 5.74) is 7.21. The normalized spacial score (nSPS) is 23.5. The number of amides is 1. The van der Waals surface area contributed by atoms with Gasteiger partial charge in [0.25, 0.3) is 5.91 Å². The molecule has 1 amide bonds. The number of hydrogen-bond acceptors (Lipinski definition) is 6. The van der Waals surface area contributed by atoms with Gasteiger partial charge >= 0.3 is 0 Å². The molecule has 0 radical (unpaired) electrons. The van der Waals surface area contributed by atoms with E-state index in [1.165, 1.54) is 12.8 Å². The molecule has 2 fully saturated rings. The van der Waals surface area contributed by atoms with Gasteiger partial charge in [-0.05, 0) is 44.6 Å². The molecule has 1 saturated heterocycles. The van der Waals surface area contributed by atoms with Crippen molar-refractivity contribution in [1.82, 2.24) is 10.3 Å². The van der Waals surface area contributed by atoms with Crippen molar-refractivity contribution in [2.75, 3.05) is 48.8 Å². The molecule has 0 unspecified atom stereocenters. The molecule has 7 nitrogen and oxygen atoms in total. The second-order valence-corrected chi connectivity index (χ2v) is 7.36. The Morgan fingerprint density at radius 3 is 2.65 bits per heavy atom. The molecule has 1 aliphatic carbocycles. The van der Waals surface area contributed by atoms with Crippen molar-refractivity contribution in [3.05, 3.63) is 11.6 Å². The Hall–Kier alpha value is -2.02. The van der Waals surface area contributed by atoms with Crippen LogP contribution >= 0.6 is 0 Å². The molecule has 0 aromatic carbocycles. The molecule has 3 rings (SSSR count). The highest BCUT2D eigenvalue weighted by molar-refractivity contribution is 6.00. The Bertz CT molecular complexity index is 623. The fourth-order valence-electron chi connectivity index (χ4n) is 3.68. The Morgan fingerprint density at radius 2 is 2.00 bits per heavy atom. The number of carbonyl (C=O) groups excluding carboxylic acids is 1. The van der Waals surface area contributed by atoms with Crippen molar-refractivity contribution >= 4 is 23.2 Å². The first-order valence-electron chi connectivity index (χ1n) is 9.76. The number of pyridine rings is 1. The van der Waals surface area contributed by atoms with Crippen LogP contribution in [0.4, 0.5) is 17.3 Å². The summed E-state index contributed by atoms with van der Waals surface area (Å²) < 4.78 is 5.44. The van der Waals surface area contributed by atoms with E-state index in [0.29, 0.717) is 36.1 Å². The number of aromatic nitrogens is 1. The van der Waals surface area contributed by atoms with Gasteiger partial charge in [-0.3, -0.25) is 4.79 Å². The summed E-state index contributed by atoms with van der Waals surface area (Å²) in [6, 6.07) is 2.00. The SMILES string of the molecule is CCNc1nc(N2CCOCC2)c(C(=O)N[C@H]2CC[C@H](C)CC2)cc1N. The summed E-state index contributed by atoms with van der Waals surface area (Å²) in [5.74, 6) is 2.01. The van der Waals surface area contributed by atoms with E-state index in [9.17, 15) is 4.79 Å². The minimum Gasteiger partial charge on any atom is -0.396 e. The van der Waals surface area contributed by atoms with E-state index >= 15 is 0 Å². The molecule has 1 saturated carbocycles. The van der Waals surface area contributed by atoms with Gasteiger partial charge in [-0.2, -0.15) is 0 Å². The lowest BCUT2D eigenvalue weighted by Gasteiger charge is -2.31. The summed E-state index contributed by atoms with van der Waals surface area (Å²) in [7, 11) is 0. The molecule has 2 aliphatic rings. The van der Waals surface area contributed by atoms with E-state index < -0.39 is 0 Å². The molecule has 1 aliphatic heterocycles. The van der Waals surface area contributed by atoms with Gasteiger partial charge in [-0.1, -0.05) is 6.92 Å². The van der Waals surface area contributed by atoms with Crippen LogP contribution in [0.25, 0.3) is 0 Å². The first-order chi connectivity index (χ1) is 12.6. The van der Waals surface area contributed by atoms with E-state index in [-0.39, 0.29) is 11.9 Å². The summed E-state index contributed by atoms with van der Waals surface area (Å²) >= 11 is 0. The quantitative estimate of drug-likeness (QED) is 0.745. The number of ether oxygens (including phenoxy) is 1. The van der Waals surface area contributed by atoms with Crippen LogP contribution in [-0.4, -0.2) is 49.8 Å². The lowest BCUT2D eigenvalue weighted by molar-refractivity contribution is 0.0921. The molecule has 144 valence electrons. The van der Waals surface area contributed by atoms with Crippen LogP contribution < -0.4 is 21.3 Å². The highest BCUT2D eigenvalue weighted by Gasteiger charge is 2.25. The number of nitrogens with two attached hydrogens (primary N) is 1. The second-order valence-electron chi connectivity index (χ2n) is 7.36. The van der Waals surface area contributed by atoms with Crippen molar-refractivity contribution in [3.63, 3.8) is 0 Å². The fraction of sp³-hybridized carbons (Fsp3) is 0.684. The number of morpholine rings is 1. The Labute approximate surface area is 155 Å². The molecule has 4 N–H and O–H groups in total. The van der Waals surface area contributed by atoms with Gasteiger partial charge < -0.3 is 26.0 Å². The minimum atomic E-state index is -0.0757. The minimum absolute atomic E-state index is 0.0757. The highest BCUT2D eigenvalue weighted by Crippen LogP contribution is 2.28. The number of nitrogen functional groups attached to an aromatic ring is 1. The van der Waals surface area contributed by atoms with E-state index in [2.05, 4.69) is 27.4 Å². The van der Waals surface area contributed by atoms with Crippen LogP contribution in [0.1, 0.15) is 49.9 Å². The predicted octanol–water partition coefficient (Wildman–Crippen LogP) is 2.24. The summed E-state index contributed by atoms with van der Waals surface area (Å²) in [6.45, 7) is 7.74. The smallest absolute Gasteiger partial charge is 0.255 e. The van der Waals surface area contributed by atoms with Gasteiger partial charge in [0.05, 0.1) is 24.5 Å². The van der Waals surface area contributed by atoms with E-state index in [1.807, 2.05) is 6.92 Å². The third kappa shape index (κ3) is 4.38. The van der Waals surface area contributed by atoms with Crippen molar-refractivity contribution < 1.29 is 9.53 Å². The van der Waals surface area contributed by atoms with Gasteiger partial charge in [0.1, 0.15) is 5.82 Å². The van der Waals surface area contributed by atoms with E-state index in [4.69, 9.17) is 10.5 Å². The van der Waals surface area contributed by atoms with Gasteiger partial charge in [0, 0.05) is 25.7 Å². The maximum Gasteiger partial charge on any atom is 0.255 e. The van der Waals surface area contributed by atoms with Crippen molar-refractivity contribution in [1.29, 1.82) is 0 Å². The molecule has 26 heavy (non-hydrogen) atoms. The molecule has 0 atom stereocenters. The van der Waals surface area contributed by atoms with Crippen molar-refractivity contribution in [2.24, 2.45) is 5.92 Å². The lowest BCUT2D eigenvalue weighted by atomic mass is 9.87. The predicted molar refractivity (Wildman–Crippen MR) is 105 cm³/mol. The zero-order chi connectivity index (χ0) is 18.5. The highest BCUT2D eigenvalue weighted by atomic mass is 16.5. The van der Waals surface area contributed by atoms with Gasteiger partial charge in [0.2, 0.25) is 0 Å². The van der Waals surface area contributed by atoms with Gasteiger partial charge in [0.15, 0.2) is 5.82 Å². The number of anilines is 3. The standard InChI is InChI=1S/C19H31N5O2/c1-3-21-17-16(20)12-15(18(23-17)24-8-10-26-11-9-24)19(25)22-14-6-4-13(2)5-7-14/h12-14H,3-11,20H2,1-2H3,(H,21,23)(H,22,25)/t13-,14-. The van der Waals surface area contributed by atoms with Crippen LogP contribution in [0, 0.1) is 5.92 Å². The molecule has 0 spiro atoms. The average Bonchev–Trinajstić information content (AvgIpc) is 2.66. The fourth-order valence-corrected chi connectivity index (χ4v) is 3.68. The Morgan fingerprint density at radius 1 is 1.31 bits per heavy atom. The van der Waals surface area contributed by atoms with Crippen molar-refractivity contribution in [3.8, 4) is 0 Å². The maximum absolute atomic E-state index is 13.0. The molecular weight excluding hydrogens is 330 g/mol. The molecular formula is C19H31N5O2. The number of hydrogen-bond donors (Lipinski definition) is 3. The molecule has 0 bridgehead atoms.